The number of hydrogen-bond acceptors (Lipinski definition) is 5. The smallest absolute Gasteiger partial charge is 0.132 e. The number of aromatic nitrogens is 1. The molecule has 0 bridgehead atoms. The lowest BCUT2D eigenvalue weighted by Crippen LogP contribution is -2.46. The average Bonchev–Trinajstić information content (AvgIpc) is 3.09. The van der Waals surface area contributed by atoms with E-state index in [9.17, 15) is 0 Å². The van der Waals surface area contributed by atoms with Gasteiger partial charge in [0.1, 0.15) is 10.6 Å². The fourth-order valence-electron chi connectivity index (χ4n) is 4.37. The number of fused-ring (bicyclic) bond motifs is 3. The molecule has 0 N–H and O–H groups in total. The Balaban J connectivity index is 1.33. The fourth-order valence-corrected chi connectivity index (χ4v) is 5.43. The van der Waals surface area contributed by atoms with Gasteiger partial charge in [0.25, 0.3) is 0 Å². The first-order valence-electron chi connectivity index (χ1n) is 9.63. The first-order valence-corrected chi connectivity index (χ1v) is 10.4. The minimum Gasteiger partial charge on any atom is -0.490 e. The van der Waals surface area contributed by atoms with E-state index in [4.69, 9.17) is 9.47 Å². The van der Waals surface area contributed by atoms with Crippen LogP contribution >= 0.6 is 11.3 Å². The van der Waals surface area contributed by atoms with Gasteiger partial charge in [0, 0.05) is 35.4 Å². The van der Waals surface area contributed by atoms with Crippen molar-refractivity contribution in [2.75, 3.05) is 26.3 Å². The molecular weight excluding hydrogens is 344 g/mol. The van der Waals surface area contributed by atoms with Crippen LogP contribution in [0, 0.1) is 0 Å². The standard InChI is InChI=1S/C21H24N2O2S/c1-2-4-19-17(3-1)20-18(9-10-22-21(20)26-19)25-16-7-5-15(6-8-16)23-11-13-24-14-12-23/h1-4,9-10,15-16H,5-8,11-14H2/t15-,16-. The van der Waals surface area contributed by atoms with Crippen LogP contribution in [0.1, 0.15) is 25.7 Å². The summed E-state index contributed by atoms with van der Waals surface area (Å²) in [5.74, 6) is 1.00. The predicted octanol–water partition coefficient (Wildman–Crippen LogP) is 4.47. The van der Waals surface area contributed by atoms with E-state index in [1.54, 1.807) is 11.3 Å². The maximum atomic E-state index is 6.49. The maximum absolute atomic E-state index is 6.49. The zero-order valence-electron chi connectivity index (χ0n) is 14.9. The Morgan fingerprint density at radius 2 is 1.85 bits per heavy atom. The molecule has 0 atom stereocenters. The highest BCUT2D eigenvalue weighted by atomic mass is 32.1. The molecule has 3 aromatic rings. The van der Waals surface area contributed by atoms with Gasteiger partial charge in [-0.25, -0.2) is 4.98 Å². The molecule has 2 aliphatic rings. The lowest BCUT2D eigenvalue weighted by Gasteiger charge is -2.38. The number of ether oxygens (including phenoxy) is 2. The topological polar surface area (TPSA) is 34.6 Å². The van der Waals surface area contributed by atoms with E-state index in [0.717, 1.165) is 49.7 Å². The Morgan fingerprint density at radius 1 is 1.04 bits per heavy atom. The van der Waals surface area contributed by atoms with Crippen molar-refractivity contribution in [2.45, 2.75) is 37.8 Å². The molecule has 1 aliphatic carbocycles. The van der Waals surface area contributed by atoms with Crippen LogP contribution in [-0.4, -0.2) is 48.3 Å². The molecule has 2 aromatic heterocycles. The van der Waals surface area contributed by atoms with Crippen molar-refractivity contribution < 1.29 is 9.47 Å². The van der Waals surface area contributed by atoms with Crippen LogP contribution in [0.3, 0.4) is 0 Å². The van der Waals surface area contributed by atoms with Gasteiger partial charge in [-0.1, -0.05) is 18.2 Å². The highest BCUT2D eigenvalue weighted by Gasteiger charge is 2.28. The van der Waals surface area contributed by atoms with Crippen molar-refractivity contribution >= 4 is 31.6 Å². The van der Waals surface area contributed by atoms with E-state index >= 15 is 0 Å². The first-order chi connectivity index (χ1) is 12.9. The second-order valence-electron chi connectivity index (χ2n) is 7.28. The van der Waals surface area contributed by atoms with Gasteiger partial charge in [0.2, 0.25) is 0 Å². The van der Waals surface area contributed by atoms with Gasteiger partial charge in [-0.05, 0) is 37.8 Å². The van der Waals surface area contributed by atoms with Crippen molar-refractivity contribution in [3.05, 3.63) is 36.5 Å². The largest absolute Gasteiger partial charge is 0.490 e. The molecule has 2 fully saturated rings. The lowest BCUT2D eigenvalue weighted by atomic mass is 9.91. The van der Waals surface area contributed by atoms with E-state index in [1.807, 2.05) is 12.3 Å². The Labute approximate surface area is 157 Å². The normalized spacial score (nSPS) is 24.9. The summed E-state index contributed by atoms with van der Waals surface area (Å²) in [6, 6.07) is 11.3. The van der Waals surface area contributed by atoms with Crippen LogP contribution in [0.2, 0.25) is 0 Å². The van der Waals surface area contributed by atoms with Crippen LogP contribution in [0.4, 0.5) is 0 Å². The van der Waals surface area contributed by atoms with Crippen molar-refractivity contribution in [3.8, 4) is 5.75 Å². The average molecular weight is 369 g/mol. The van der Waals surface area contributed by atoms with Gasteiger partial charge >= 0.3 is 0 Å². The van der Waals surface area contributed by atoms with Crippen LogP contribution < -0.4 is 4.74 Å². The molecule has 1 aliphatic heterocycles. The highest BCUT2D eigenvalue weighted by molar-refractivity contribution is 7.25. The fraction of sp³-hybridized carbons (Fsp3) is 0.476. The Hall–Kier alpha value is -1.69. The molecule has 1 saturated heterocycles. The molecule has 136 valence electrons. The minimum atomic E-state index is 0.316. The molecule has 1 aromatic carbocycles. The number of hydrogen-bond donors (Lipinski definition) is 0. The second-order valence-corrected chi connectivity index (χ2v) is 8.31. The van der Waals surface area contributed by atoms with Gasteiger partial charge in [-0.2, -0.15) is 0 Å². The maximum Gasteiger partial charge on any atom is 0.132 e. The summed E-state index contributed by atoms with van der Waals surface area (Å²) in [6.07, 6.45) is 6.91. The molecule has 1 saturated carbocycles. The van der Waals surface area contributed by atoms with Gasteiger partial charge in [0.05, 0.1) is 24.7 Å². The number of rotatable bonds is 3. The molecular formula is C21H24N2O2S. The van der Waals surface area contributed by atoms with Crippen LogP contribution in [0.25, 0.3) is 20.3 Å². The van der Waals surface area contributed by atoms with Gasteiger partial charge < -0.3 is 9.47 Å². The molecule has 3 heterocycles. The molecule has 0 radical (unpaired) electrons. The summed E-state index contributed by atoms with van der Waals surface area (Å²) in [7, 11) is 0. The number of morpholine rings is 1. The number of pyridine rings is 1. The summed E-state index contributed by atoms with van der Waals surface area (Å²) in [5.41, 5.74) is 0. The van der Waals surface area contributed by atoms with Crippen molar-refractivity contribution in [1.82, 2.24) is 9.88 Å². The van der Waals surface area contributed by atoms with E-state index in [2.05, 4.69) is 34.1 Å². The van der Waals surface area contributed by atoms with E-state index in [-0.39, 0.29) is 0 Å². The second kappa shape index (κ2) is 7.14. The zero-order valence-corrected chi connectivity index (χ0v) is 15.7. The molecule has 0 spiro atoms. The van der Waals surface area contributed by atoms with Crippen LogP contribution in [0.5, 0.6) is 5.75 Å². The quantitative estimate of drug-likeness (QED) is 0.683. The summed E-state index contributed by atoms with van der Waals surface area (Å²) < 4.78 is 13.3. The Bertz CT molecular complexity index is 895. The van der Waals surface area contributed by atoms with Crippen molar-refractivity contribution in [3.63, 3.8) is 0 Å². The number of benzene rings is 1. The zero-order chi connectivity index (χ0) is 17.3. The molecule has 0 amide bonds. The van der Waals surface area contributed by atoms with Crippen LogP contribution in [0.15, 0.2) is 36.5 Å². The lowest BCUT2D eigenvalue weighted by molar-refractivity contribution is -0.000910. The molecule has 4 nitrogen and oxygen atoms in total. The van der Waals surface area contributed by atoms with Crippen LogP contribution in [-0.2, 0) is 4.74 Å². The van der Waals surface area contributed by atoms with E-state index < -0.39 is 0 Å². The Kier molecular flexibility index (Phi) is 4.53. The van der Waals surface area contributed by atoms with Crippen molar-refractivity contribution in [1.29, 1.82) is 0 Å². The first kappa shape index (κ1) is 16.5. The summed E-state index contributed by atoms with van der Waals surface area (Å²) >= 11 is 1.75. The van der Waals surface area contributed by atoms with Gasteiger partial charge in [-0.15, -0.1) is 11.3 Å². The third kappa shape index (κ3) is 3.08. The summed E-state index contributed by atoms with van der Waals surface area (Å²) in [5, 5.41) is 2.45. The van der Waals surface area contributed by atoms with E-state index in [1.165, 1.54) is 28.3 Å². The Morgan fingerprint density at radius 3 is 2.69 bits per heavy atom. The SMILES string of the molecule is c1ccc2c(c1)sc1nccc(O[C@H]3CC[C@H](N4CCOCC4)CC3)c12. The molecule has 0 unspecified atom stereocenters. The molecule has 26 heavy (non-hydrogen) atoms. The summed E-state index contributed by atoms with van der Waals surface area (Å²) in [6.45, 7) is 3.94. The summed E-state index contributed by atoms with van der Waals surface area (Å²) in [4.78, 5) is 8.25. The minimum absolute atomic E-state index is 0.316. The third-order valence-electron chi connectivity index (χ3n) is 5.74. The highest BCUT2D eigenvalue weighted by Crippen LogP contribution is 2.39. The third-order valence-corrected chi connectivity index (χ3v) is 6.82. The molecule has 5 heteroatoms. The van der Waals surface area contributed by atoms with Gasteiger partial charge in [-0.3, -0.25) is 4.90 Å². The van der Waals surface area contributed by atoms with Gasteiger partial charge in [0.15, 0.2) is 0 Å². The van der Waals surface area contributed by atoms with Crippen molar-refractivity contribution in [2.24, 2.45) is 0 Å². The number of thiophene rings is 1. The predicted molar refractivity (Wildman–Crippen MR) is 106 cm³/mol. The monoisotopic (exact) mass is 368 g/mol. The molecule has 5 rings (SSSR count). The number of nitrogens with zero attached hydrogens (tertiary/aromatic N) is 2. The van der Waals surface area contributed by atoms with E-state index in [0.29, 0.717) is 12.1 Å².